The summed E-state index contributed by atoms with van der Waals surface area (Å²) in [5.41, 5.74) is 0.908. The van der Waals surface area contributed by atoms with Crippen molar-refractivity contribution in [2.45, 2.75) is 6.54 Å². The fourth-order valence-electron chi connectivity index (χ4n) is 0.982. The topological polar surface area (TPSA) is 50.9 Å². The minimum Gasteiger partial charge on any atom is -0.510 e. The highest BCUT2D eigenvalue weighted by Crippen LogP contribution is 2.07. The van der Waals surface area contributed by atoms with Gasteiger partial charge in [0.15, 0.2) is 0 Å². The molecule has 1 aliphatic rings. The molecule has 2 heterocycles. The van der Waals surface area contributed by atoms with Gasteiger partial charge in [-0.25, -0.2) is 4.68 Å². The zero-order valence-corrected chi connectivity index (χ0v) is 5.81. The summed E-state index contributed by atoms with van der Waals surface area (Å²) in [5, 5.41) is 16.7. The first-order valence-electron chi connectivity index (χ1n) is 3.31. The summed E-state index contributed by atoms with van der Waals surface area (Å²) in [6.07, 6.45) is 6.93. The quantitative estimate of drug-likeness (QED) is 0.592. The maximum atomic E-state index is 9.18. The third-order valence-corrected chi connectivity index (χ3v) is 1.52. The highest BCUT2D eigenvalue weighted by atomic mass is 16.3. The van der Waals surface area contributed by atoms with Crippen molar-refractivity contribution in [3.8, 4) is 0 Å². The van der Waals surface area contributed by atoms with Crippen molar-refractivity contribution in [2.24, 2.45) is 0 Å². The number of aromatic nitrogens is 3. The van der Waals surface area contributed by atoms with E-state index in [1.807, 2.05) is 6.08 Å². The van der Waals surface area contributed by atoms with Crippen molar-refractivity contribution in [1.29, 1.82) is 0 Å². The molecule has 0 fully saturated rings. The number of hydrogen-bond acceptors (Lipinski definition) is 3. The first-order valence-corrected chi connectivity index (χ1v) is 3.31. The minimum absolute atomic E-state index is 0.297. The lowest BCUT2D eigenvalue weighted by Gasteiger charge is -1.98. The van der Waals surface area contributed by atoms with E-state index in [-0.39, 0.29) is 0 Å². The van der Waals surface area contributed by atoms with Crippen molar-refractivity contribution in [3.05, 3.63) is 29.8 Å². The van der Waals surface area contributed by atoms with Crippen molar-refractivity contribution < 1.29 is 5.11 Å². The Morgan fingerprint density at radius 3 is 3.36 bits per heavy atom. The predicted octanol–water partition coefficient (Wildman–Crippen LogP) is 0.747. The summed E-state index contributed by atoms with van der Waals surface area (Å²) in [7, 11) is 0. The number of fused-ring (bicyclic) bond motifs is 1. The van der Waals surface area contributed by atoms with Crippen LogP contribution >= 0.6 is 0 Å². The molecular formula is C7H7N3O. The molecule has 0 amide bonds. The van der Waals surface area contributed by atoms with E-state index < -0.39 is 0 Å². The average molecular weight is 149 g/mol. The van der Waals surface area contributed by atoms with Gasteiger partial charge in [0.05, 0.1) is 11.9 Å². The maximum Gasteiger partial charge on any atom is 0.114 e. The Morgan fingerprint density at radius 2 is 2.45 bits per heavy atom. The van der Waals surface area contributed by atoms with Gasteiger partial charge >= 0.3 is 0 Å². The third kappa shape index (κ3) is 1.02. The fraction of sp³-hybridized carbons (Fsp3) is 0.143. The lowest BCUT2D eigenvalue weighted by molar-refractivity contribution is 0.366. The van der Waals surface area contributed by atoms with Crippen LogP contribution in [0, 0.1) is 0 Å². The molecule has 0 unspecified atom stereocenters. The Hall–Kier alpha value is -1.58. The molecular weight excluding hydrogens is 142 g/mol. The van der Waals surface area contributed by atoms with E-state index in [1.54, 1.807) is 23.0 Å². The van der Waals surface area contributed by atoms with Crippen LogP contribution in [-0.4, -0.2) is 20.1 Å². The van der Waals surface area contributed by atoms with Gasteiger partial charge < -0.3 is 5.11 Å². The molecule has 0 spiro atoms. The van der Waals surface area contributed by atoms with Crippen LogP contribution in [0.4, 0.5) is 0 Å². The van der Waals surface area contributed by atoms with Gasteiger partial charge in [-0.2, -0.15) is 0 Å². The van der Waals surface area contributed by atoms with Gasteiger partial charge in [0.2, 0.25) is 0 Å². The maximum absolute atomic E-state index is 9.18. The standard InChI is InChI=1S/C7H7N3O/c11-7-3-1-2-6-4-8-9-10(6)5-7/h1-4,11H,5H2. The van der Waals surface area contributed by atoms with E-state index in [0.717, 1.165) is 5.69 Å². The molecule has 0 aromatic carbocycles. The minimum atomic E-state index is 0.297. The highest BCUT2D eigenvalue weighted by molar-refractivity contribution is 5.47. The number of nitrogens with zero attached hydrogens (tertiary/aromatic N) is 3. The Morgan fingerprint density at radius 1 is 1.55 bits per heavy atom. The van der Waals surface area contributed by atoms with E-state index >= 15 is 0 Å². The number of allylic oxidation sites excluding steroid dienone is 3. The van der Waals surface area contributed by atoms with Crippen molar-refractivity contribution in [2.75, 3.05) is 0 Å². The van der Waals surface area contributed by atoms with Crippen molar-refractivity contribution in [1.82, 2.24) is 15.0 Å². The number of rotatable bonds is 0. The monoisotopic (exact) mass is 149 g/mol. The number of aliphatic hydroxyl groups excluding tert-OH is 1. The number of hydrogen-bond donors (Lipinski definition) is 1. The van der Waals surface area contributed by atoms with Crippen LogP contribution in [0.3, 0.4) is 0 Å². The normalized spacial score (nSPS) is 15.5. The molecule has 11 heavy (non-hydrogen) atoms. The van der Waals surface area contributed by atoms with E-state index in [4.69, 9.17) is 0 Å². The van der Waals surface area contributed by atoms with Crippen LogP contribution in [0.1, 0.15) is 5.69 Å². The van der Waals surface area contributed by atoms with Crippen molar-refractivity contribution in [3.63, 3.8) is 0 Å². The van der Waals surface area contributed by atoms with Crippen LogP contribution in [0.25, 0.3) is 6.08 Å². The molecule has 1 aromatic heterocycles. The van der Waals surface area contributed by atoms with Crippen LogP contribution in [0.2, 0.25) is 0 Å². The summed E-state index contributed by atoms with van der Waals surface area (Å²) in [6, 6.07) is 0. The van der Waals surface area contributed by atoms with E-state index in [0.29, 0.717) is 12.3 Å². The molecule has 0 aliphatic carbocycles. The Labute approximate surface area is 63.5 Å². The van der Waals surface area contributed by atoms with Gasteiger partial charge in [0.25, 0.3) is 0 Å². The highest BCUT2D eigenvalue weighted by Gasteiger charge is 2.04. The molecule has 0 atom stereocenters. The molecule has 1 N–H and O–H groups in total. The second-order valence-electron chi connectivity index (χ2n) is 2.33. The zero-order chi connectivity index (χ0) is 7.68. The summed E-state index contributed by atoms with van der Waals surface area (Å²) in [4.78, 5) is 0. The van der Waals surface area contributed by atoms with Gasteiger partial charge in [0, 0.05) is 0 Å². The van der Waals surface area contributed by atoms with Gasteiger partial charge in [-0.15, -0.1) is 5.10 Å². The largest absolute Gasteiger partial charge is 0.510 e. The van der Waals surface area contributed by atoms with Gasteiger partial charge in [-0.05, 0) is 12.2 Å². The summed E-state index contributed by atoms with van der Waals surface area (Å²) in [6.45, 7) is 0.405. The molecule has 56 valence electrons. The molecule has 2 rings (SSSR count). The van der Waals surface area contributed by atoms with E-state index in [9.17, 15) is 5.11 Å². The van der Waals surface area contributed by atoms with Crippen LogP contribution in [0.5, 0.6) is 0 Å². The van der Waals surface area contributed by atoms with Gasteiger partial charge in [-0.3, -0.25) is 0 Å². The Balaban J connectivity index is 2.47. The summed E-state index contributed by atoms with van der Waals surface area (Å²) >= 11 is 0. The Kier molecular flexibility index (Phi) is 1.25. The van der Waals surface area contributed by atoms with Gasteiger partial charge in [-0.1, -0.05) is 11.3 Å². The van der Waals surface area contributed by atoms with Gasteiger partial charge in [0.1, 0.15) is 12.3 Å². The molecule has 4 heteroatoms. The predicted molar refractivity (Wildman–Crippen MR) is 39.8 cm³/mol. The SMILES string of the molecule is OC1=CC=Cc2cnnn2C1. The van der Waals surface area contributed by atoms with Crippen LogP contribution in [-0.2, 0) is 6.54 Å². The molecule has 0 bridgehead atoms. The molecule has 4 nitrogen and oxygen atoms in total. The second kappa shape index (κ2) is 2.23. The molecule has 0 saturated heterocycles. The first-order chi connectivity index (χ1) is 5.36. The lowest BCUT2D eigenvalue weighted by atomic mass is 10.4. The second-order valence-corrected chi connectivity index (χ2v) is 2.33. The number of aliphatic hydroxyl groups is 1. The third-order valence-electron chi connectivity index (χ3n) is 1.52. The van der Waals surface area contributed by atoms with Crippen molar-refractivity contribution >= 4 is 6.08 Å². The fourth-order valence-corrected chi connectivity index (χ4v) is 0.982. The summed E-state index contributed by atoms with van der Waals surface area (Å²) < 4.78 is 1.63. The molecule has 1 aliphatic heterocycles. The van der Waals surface area contributed by atoms with Crippen LogP contribution in [0.15, 0.2) is 24.1 Å². The van der Waals surface area contributed by atoms with Crippen LogP contribution < -0.4 is 0 Å². The average Bonchev–Trinajstić information content (AvgIpc) is 2.31. The Bertz CT molecular complexity index is 324. The molecule has 0 saturated carbocycles. The smallest absolute Gasteiger partial charge is 0.114 e. The van der Waals surface area contributed by atoms with E-state index in [1.165, 1.54) is 0 Å². The first kappa shape index (κ1) is 6.15. The van der Waals surface area contributed by atoms with E-state index in [2.05, 4.69) is 10.3 Å². The molecule has 0 radical (unpaired) electrons. The lowest BCUT2D eigenvalue weighted by Crippen LogP contribution is -2.03. The summed E-state index contributed by atoms with van der Waals surface area (Å²) in [5.74, 6) is 0.297. The zero-order valence-electron chi connectivity index (χ0n) is 5.81. The molecule has 1 aromatic rings.